The standard InChI is InChI=1S/C15H21FN2O3/c16-13-11-18(8-9-19)7-6-14(13)21-15(20)17-10-12-4-2-1-3-5-12/h1-5,13-14,19H,6-11H2,(H,17,20). The van der Waals surface area contributed by atoms with E-state index in [1.54, 1.807) is 0 Å². The van der Waals surface area contributed by atoms with Crippen LogP contribution in [0.3, 0.4) is 0 Å². The van der Waals surface area contributed by atoms with Crippen molar-refractivity contribution in [3.8, 4) is 0 Å². The Kier molecular flexibility index (Phi) is 5.95. The number of likely N-dealkylation sites (tertiary alicyclic amines) is 1. The number of aliphatic hydroxyl groups excluding tert-OH is 1. The van der Waals surface area contributed by atoms with Gasteiger partial charge in [0.25, 0.3) is 0 Å². The molecule has 0 bridgehead atoms. The van der Waals surface area contributed by atoms with Crippen molar-refractivity contribution in [2.24, 2.45) is 0 Å². The van der Waals surface area contributed by atoms with Gasteiger partial charge >= 0.3 is 6.09 Å². The van der Waals surface area contributed by atoms with Crippen LogP contribution in [-0.2, 0) is 11.3 Å². The van der Waals surface area contributed by atoms with E-state index in [2.05, 4.69) is 5.32 Å². The Morgan fingerprint density at radius 3 is 2.86 bits per heavy atom. The van der Waals surface area contributed by atoms with E-state index >= 15 is 0 Å². The fraction of sp³-hybridized carbons (Fsp3) is 0.533. The summed E-state index contributed by atoms with van der Waals surface area (Å²) in [5.74, 6) is 0. The molecular weight excluding hydrogens is 275 g/mol. The maximum atomic E-state index is 13.9. The number of benzene rings is 1. The van der Waals surface area contributed by atoms with E-state index in [4.69, 9.17) is 9.84 Å². The zero-order valence-corrected chi connectivity index (χ0v) is 11.9. The van der Waals surface area contributed by atoms with Gasteiger partial charge in [-0.05, 0) is 5.56 Å². The molecule has 5 nitrogen and oxygen atoms in total. The van der Waals surface area contributed by atoms with E-state index in [1.165, 1.54) is 0 Å². The fourth-order valence-electron chi connectivity index (χ4n) is 2.37. The first-order valence-corrected chi connectivity index (χ1v) is 7.14. The number of ether oxygens (including phenoxy) is 1. The quantitative estimate of drug-likeness (QED) is 0.860. The molecule has 116 valence electrons. The van der Waals surface area contributed by atoms with Crippen molar-refractivity contribution >= 4 is 6.09 Å². The number of nitrogens with one attached hydrogen (secondary N) is 1. The molecule has 1 aromatic rings. The van der Waals surface area contributed by atoms with E-state index in [1.807, 2.05) is 35.2 Å². The van der Waals surface area contributed by atoms with E-state index in [0.717, 1.165) is 5.56 Å². The van der Waals surface area contributed by atoms with Crippen LogP contribution in [0.15, 0.2) is 30.3 Å². The summed E-state index contributed by atoms with van der Waals surface area (Å²) in [7, 11) is 0. The maximum Gasteiger partial charge on any atom is 0.407 e. The molecule has 2 atom stereocenters. The van der Waals surface area contributed by atoms with Crippen LogP contribution in [-0.4, -0.2) is 54.6 Å². The van der Waals surface area contributed by atoms with Crippen LogP contribution in [0.4, 0.5) is 9.18 Å². The van der Waals surface area contributed by atoms with Gasteiger partial charge in [0.05, 0.1) is 6.61 Å². The van der Waals surface area contributed by atoms with Gasteiger partial charge in [0.15, 0.2) is 0 Å². The second kappa shape index (κ2) is 7.95. The maximum absolute atomic E-state index is 13.9. The monoisotopic (exact) mass is 296 g/mol. The first kappa shape index (κ1) is 15.7. The van der Waals surface area contributed by atoms with Crippen LogP contribution in [0.2, 0.25) is 0 Å². The highest BCUT2D eigenvalue weighted by Gasteiger charge is 2.31. The molecule has 0 aliphatic carbocycles. The minimum Gasteiger partial charge on any atom is -0.443 e. The summed E-state index contributed by atoms with van der Waals surface area (Å²) in [5, 5.41) is 11.5. The number of nitrogens with zero attached hydrogens (tertiary/aromatic N) is 1. The highest BCUT2D eigenvalue weighted by molar-refractivity contribution is 5.67. The number of carbonyl (C=O) groups is 1. The Balaban J connectivity index is 1.73. The predicted molar refractivity (Wildman–Crippen MR) is 76.6 cm³/mol. The number of piperidine rings is 1. The van der Waals surface area contributed by atoms with Crippen LogP contribution in [0, 0.1) is 0 Å². The average molecular weight is 296 g/mol. The second-order valence-corrected chi connectivity index (χ2v) is 5.11. The predicted octanol–water partition coefficient (Wildman–Crippen LogP) is 1.32. The summed E-state index contributed by atoms with van der Waals surface area (Å²) in [6.07, 6.45) is -2.08. The molecule has 0 spiro atoms. The highest BCUT2D eigenvalue weighted by atomic mass is 19.1. The summed E-state index contributed by atoms with van der Waals surface area (Å²) < 4.78 is 19.1. The van der Waals surface area contributed by atoms with Crippen LogP contribution < -0.4 is 5.32 Å². The van der Waals surface area contributed by atoms with Crippen LogP contribution in [0.1, 0.15) is 12.0 Å². The van der Waals surface area contributed by atoms with Gasteiger partial charge in [0.2, 0.25) is 0 Å². The van der Waals surface area contributed by atoms with Crippen LogP contribution in [0.25, 0.3) is 0 Å². The van der Waals surface area contributed by atoms with Gasteiger partial charge in [-0.15, -0.1) is 0 Å². The summed E-state index contributed by atoms with van der Waals surface area (Å²) in [6.45, 7) is 1.64. The highest BCUT2D eigenvalue weighted by Crippen LogP contribution is 2.17. The molecule has 0 saturated carbocycles. The second-order valence-electron chi connectivity index (χ2n) is 5.11. The van der Waals surface area contributed by atoms with Crippen molar-refractivity contribution in [1.29, 1.82) is 0 Å². The molecule has 1 aromatic carbocycles. The normalized spacial score (nSPS) is 22.8. The van der Waals surface area contributed by atoms with Crippen molar-refractivity contribution in [3.05, 3.63) is 35.9 Å². The topological polar surface area (TPSA) is 61.8 Å². The van der Waals surface area contributed by atoms with Crippen molar-refractivity contribution in [1.82, 2.24) is 10.2 Å². The van der Waals surface area contributed by atoms with Gasteiger partial charge in [-0.2, -0.15) is 0 Å². The Hall–Kier alpha value is -1.66. The third-order valence-corrected chi connectivity index (χ3v) is 3.52. The Labute approximate surface area is 123 Å². The summed E-state index contributed by atoms with van der Waals surface area (Å²) >= 11 is 0. The minimum atomic E-state index is -1.22. The molecule has 21 heavy (non-hydrogen) atoms. The zero-order chi connectivity index (χ0) is 15.1. The van der Waals surface area contributed by atoms with Crippen molar-refractivity contribution in [3.63, 3.8) is 0 Å². The van der Waals surface area contributed by atoms with Crippen molar-refractivity contribution < 1.29 is 19.0 Å². The molecule has 2 rings (SSSR count). The van der Waals surface area contributed by atoms with Crippen LogP contribution >= 0.6 is 0 Å². The lowest BCUT2D eigenvalue weighted by Crippen LogP contribution is -2.48. The number of alkyl halides is 1. The van der Waals surface area contributed by atoms with Crippen LogP contribution in [0.5, 0.6) is 0 Å². The van der Waals surface area contributed by atoms with Gasteiger partial charge < -0.3 is 15.2 Å². The van der Waals surface area contributed by atoms with E-state index in [0.29, 0.717) is 26.1 Å². The van der Waals surface area contributed by atoms with Gasteiger partial charge in [0.1, 0.15) is 12.3 Å². The van der Waals surface area contributed by atoms with Gasteiger partial charge in [-0.3, -0.25) is 4.90 Å². The first-order chi connectivity index (χ1) is 10.2. The Morgan fingerprint density at radius 2 is 2.19 bits per heavy atom. The lowest BCUT2D eigenvalue weighted by atomic mass is 10.1. The number of alkyl carbamates (subject to hydrolysis) is 1. The number of halogens is 1. The van der Waals surface area contributed by atoms with Crippen molar-refractivity contribution in [2.75, 3.05) is 26.2 Å². The number of rotatable bonds is 5. The molecule has 1 heterocycles. The number of carbonyl (C=O) groups excluding carboxylic acids is 1. The lowest BCUT2D eigenvalue weighted by Gasteiger charge is -2.33. The molecule has 1 aliphatic heterocycles. The molecule has 1 fully saturated rings. The summed E-state index contributed by atoms with van der Waals surface area (Å²) in [6, 6.07) is 9.46. The van der Waals surface area contributed by atoms with Gasteiger partial charge in [-0.25, -0.2) is 9.18 Å². The smallest absolute Gasteiger partial charge is 0.407 e. The molecule has 0 radical (unpaired) electrons. The third-order valence-electron chi connectivity index (χ3n) is 3.52. The summed E-state index contributed by atoms with van der Waals surface area (Å²) in [4.78, 5) is 13.5. The molecule has 2 N–H and O–H groups in total. The van der Waals surface area contributed by atoms with Crippen molar-refractivity contribution in [2.45, 2.75) is 25.2 Å². The number of aliphatic hydroxyl groups is 1. The lowest BCUT2D eigenvalue weighted by molar-refractivity contribution is -0.0111. The number of β-amino-alcohol motifs (C(OH)–C–C–N with tert-alkyl or cyclic N) is 1. The number of hydrogen-bond acceptors (Lipinski definition) is 4. The first-order valence-electron chi connectivity index (χ1n) is 7.14. The molecule has 0 aromatic heterocycles. The minimum absolute atomic E-state index is 0.00973. The molecule has 1 amide bonds. The van der Waals surface area contributed by atoms with E-state index in [9.17, 15) is 9.18 Å². The van der Waals surface area contributed by atoms with E-state index in [-0.39, 0.29) is 13.2 Å². The molecule has 6 heteroatoms. The molecule has 1 aliphatic rings. The van der Waals surface area contributed by atoms with Gasteiger partial charge in [0, 0.05) is 32.6 Å². The van der Waals surface area contributed by atoms with E-state index < -0.39 is 18.4 Å². The fourth-order valence-corrected chi connectivity index (χ4v) is 2.37. The largest absolute Gasteiger partial charge is 0.443 e. The van der Waals surface area contributed by atoms with Gasteiger partial charge in [-0.1, -0.05) is 30.3 Å². The SMILES string of the molecule is O=C(NCc1ccccc1)OC1CCN(CCO)CC1F. The molecule has 1 saturated heterocycles. The third kappa shape index (κ3) is 4.99. The molecular formula is C15H21FN2O3. The number of hydrogen-bond donors (Lipinski definition) is 2. The average Bonchev–Trinajstić information content (AvgIpc) is 2.49. The number of amides is 1. The molecule has 2 unspecified atom stereocenters. The Bertz CT molecular complexity index is 444. The summed E-state index contributed by atoms with van der Waals surface area (Å²) in [5.41, 5.74) is 0.962. The zero-order valence-electron chi connectivity index (χ0n) is 11.9. The Morgan fingerprint density at radius 1 is 1.43 bits per heavy atom.